The topological polar surface area (TPSA) is 35.3 Å². The summed E-state index contributed by atoms with van der Waals surface area (Å²) >= 11 is 0. The zero-order valence-electron chi connectivity index (χ0n) is 14.8. The molecule has 2 aromatic heterocycles. The maximum Gasteiger partial charge on any atom is 0.130 e. The molecule has 2 heterocycles. The Morgan fingerprint density at radius 1 is 0.923 bits per heavy atom. The van der Waals surface area contributed by atoms with E-state index in [2.05, 4.69) is 36.2 Å². The van der Waals surface area contributed by atoms with E-state index >= 15 is 0 Å². The second-order valence-corrected chi connectivity index (χ2v) is 6.54. The first-order chi connectivity index (χ1) is 12.8. The van der Waals surface area contributed by atoms with Gasteiger partial charge in [-0.3, -0.25) is 0 Å². The van der Waals surface area contributed by atoms with Gasteiger partial charge in [-0.15, -0.1) is 0 Å². The highest BCUT2D eigenvalue weighted by Crippen LogP contribution is 2.23. The van der Waals surface area contributed by atoms with Crippen LogP contribution in [0, 0.1) is 0 Å². The number of furan rings is 1. The van der Waals surface area contributed by atoms with E-state index in [-0.39, 0.29) is 0 Å². The lowest BCUT2D eigenvalue weighted by Crippen LogP contribution is -2.00. The number of hydrogen-bond donors (Lipinski definition) is 0. The van der Waals surface area contributed by atoms with Crippen molar-refractivity contribution in [2.45, 2.75) is 25.9 Å². The number of benzene rings is 2. The van der Waals surface area contributed by atoms with Gasteiger partial charge >= 0.3 is 0 Å². The average molecular weight is 343 g/mol. The minimum Gasteiger partial charge on any atom is -0.487 e. The van der Waals surface area contributed by atoms with Crippen LogP contribution in [0.4, 0.5) is 0 Å². The van der Waals surface area contributed by atoms with Crippen molar-refractivity contribution in [3.63, 3.8) is 0 Å². The van der Waals surface area contributed by atoms with E-state index in [1.54, 1.807) is 6.26 Å². The minimum absolute atomic E-state index is 0.400. The van der Waals surface area contributed by atoms with Crippen molar-refractivity contribution in [3.8, 4) is 5.75 Å². The van der Waals surface area contributed by atoms with Crippen LogP contribution in [0.15, 0.2) is 83.5 Å². The van der Waals surface area contributed by atoms with Crippen LogP contribution in [-0.2, 0) is 13.0 Å². The Hall–Kier alpha value is -3.07. The molecule has 26 heavy (non-hydrogen) atoms. The second-order valence-electron chi connectivity index (χ2n) is 6.54. The first kappa shape index (κ1) is 16.4. The lowest BCUT2D eigenvalue weighted by molar-refractivity contribution is 0.301. The Bertz CT molecular complexity index is 975. The first-order valence-electron chi connectivity index (χ1n) is 8.88. The first-order valence-corrected chi connectivity index (χ1v) is 8.88. The number of para-hydroxylation sites is 1. The van der Waals surface area contributed by atoms with Crippen LogP contribution in [0.1, 0.15) is 29.9 Å². The van der Waals surface area contributed by atoms with Gasteiger partial charge < -0.3 is 9.15 Å². The standard InChI is InChI=1S/C23H21NO2/c1-17(15-22-6-4-14-25-22)18-9-12-21(13-10-18)26-16-20-11-8-19-5-2-3-7-23(19)24-20/h2-14,17H,15-16H2,1H3. The van der Waals surface area contributed by atoms with Gasteiger partial charge in [0.25, 0.3) is 0 Å². The molecule has 0 bridgehead atoms. The molecule has 0 amide bonds. The molecule has 0 saturated carbocycles. The molecule has 4 rings (SSSR count). The van der Waals surface area contributed by atoms with E-state index in [1.807, 2.05) is 48.5 Å². The van der Waals surface area contributed by atoms with Crippen LogP contribution < -0.4 is 4.74 Å². The van der Waals surface area contributed by atoms with Crippen molar-refractivity contribution >= 4 is 10.9 Å². The van der Waals surface area contributed by atoms with Gasteiger partial charge in [-0.05, 0) is 47.9 Å². The van der Waals surface area contributed by atoms with Gasteiger partial charge in [-0.1, -0.05) is 43.3 Å². The summed E-state index contributed by atoms with van der Waals surface area (Å²) in [6.07, 6.45) is 2.62. The van der Waals surface area contributed by atoms with Crippen molar-refractivity contribution in [3.05, 3.63) is 96.1 Å². The maximum absolute atomic E-state index is 5.90. The van der Waals surface area contributed by atoms with Crippen molar-refractivity contribution < 1.29 is 9.15 Å². The summed E-state index contributed by atoms with van der Waals surface area (Å²) in [6.45, 7) is 2.67. The Labute approximate surface area is 153 Å². The minimum atomic E-state index is 0.400. The van der Waals surface area contributed by atoms with Crippen LogP contribution in [0.5, 0.6) is 5.75 Å². The normalized spacial score (nSPS) is 12.2. The molecule has 130 valence electrons. The highest BCUT2D eigenvalue weighted by atomic mass is 16.5. The van der Waals surface area contributed by atoms with E-state index in [0.717, 1.165) is 34.5 Å². The highest BCUT2D eigenvalue weighted by Gasteiger charge is 2.09. The van der Waals surface area contributed by atoms with Crippen molar-refractivity contribution in [1.29, 1.82) is 0 Å². The molecule has 1 atom stereocenters. The Balaban J connectivity index is 1.39. The fourth-order valence-electron chi connectivity index (χ4n) is 3.09. The molecule has 3 heteroatoms. The molecule has 3 nitrogen and oxygen atoms in total. The largest absolute Gasteiger partial charge is 0.487 e. The summed E-state index contributed by atoms with van der Waals surface area (Å²) in [4.78, 5) is 4.64. The predicted molar refractivity (Wildman–Crippen MR) is 103 cm³/mol. The predicted octanol–water partition coefficient (Wildman–Crippen LogP) is 5.75. The van der Waals surface area contributed by atoms with E-state index in [9.17, 15) is 0 Å². The number of pyridine rings is 1. The van der Waals surface area contributed by atoms with Gasteiger partial charge in [0, 0.05) is 11.8 Å². The number of aromatic nitrogens is 1. The fraction of sp³-hybridized carbons (Fsp3) is 0.174. The number of nitrogens with zero attached hydrogens (tertiary/aromatic N) is 1. The molecular formula is C23H21NO2. The lowest BCUT2D eigenvalue weighted by atomic mass is 9.97. The molecule has 0 spiro atoms. The molecule has 0 N–H and O–H groups in total. The maximum atomic E-state index is 5.90. The summed E-state index contributed by atoms with van der Waals surface area (Å²) in [6, 6.07) is 24.4. The number of hydrogen-bond acceptors (Lipinski definition) is 3. The summed E-state index contributed by atoms with van der Waals surface area (Å²) in [5.74, 6) is 2.27. The third-order valence-corrected chi connectivity index (χ3v) is 4.58. The SMILES string of the molecule is CC(Cc1ccco1)c1ccc(OCc2ccc3ccccc3n2)cc1. The van der Waals surface area contributed by atoms with Gasteiger partial charge in [-0.2, -0.15) is 0 Å². The fourth-order valence-corrected chi connectivity index (χ4v) is 3.09. The van der Waals surface area contributed by atoms with Crippen LogP contribution in [0.3, 0.4) is 0 Å². The molecular weight excluding hydrogens is 322 g/mol. The molecule has 0 aliphatic carbocycles. The smallest absolute Gasteiger partial charge is 0.130 e. The van der Waals surface area contributed by atoms with Crippen LogP contribution >= 0.6 is 0 Å². The molecule has 0 radical (unpaired) electrons. The zero-order chi connectivity index (χ0) is 17.8. The number of rotatable bonds is 6. The number of ether oxygens (including phenoxy) is 1. The molecule has 0 saturated heterocycles. The molecule has 1 unspecified atom stereocenters. The summed E-state index contributed by atoms with van der Waals surface area (Å²) in [5.41, 5.74) is 3.20. The van der Waals surface area contributed by atoms with E-state index in [4.69, 9.17) is 9.15 Å². The summed E-state index contributed by atoms with van der Waals surface area (Å²) in [5, 5.41) is 1.14. The van der Waals surface area contributed by atoms with Gasteiger partial charge in [0.2, 0.25) is 0 Å². The van der Waals surface area contributed by atoms with Gasteiger partial charge in [0.1, 0.15) is 18.1 Å². The summed E-state index contributed by atoms with van der Waals surface area (Å²) < 4.78 is 11.3. The Kier molecular flexibility index (Phi) is 4.69. The van der Waals surface area contributed by atoms with Crippen molar-refractivity contribution in [2.24, 2.45) is 0 Å². The summed E-state index contributed by atoms with van der Waals surface area (Å²) in [7, 11) is 0. The number of fused-ring (bicyclic) bond motifs is 1. The Morgan fingerprint density at radius 2 is 1.77 bits per heavy atom. The monoisotopic (exact) mass is 343 g/mol. The Morgan fingerprint density at radius 3 is 2.58 bits per heavy atom. The van der Waals surface area contributed by atoms with Gasteiger partial charge in [-0.25, -0.2) is 4.98 Å². The van der Waals surface area contributed by atoms with E-state index in [1.165, 1.54) is 5.56 Å². The van der Waals surface area contributed by atoms with Gasteiger partial charge in [0.05, 0.1) is 17.5 Å². The van der Waals surface area contributed by atoms with Gasteiger partial charge in [0.15, 0.2) is 0 Å². The van der Waals surface area contributed by atoms with Crippen LogP contribution in [0.2, 0.25) is 0 Å². The molecule has 2 aromatic carbocycles. The molecule has 4 aromatic rings. The molecule has 0 aliphatic heterocycles. The van der Waals surface area contributed by atoms with Crippen molar-refractivity contribution in [1.82, 2.24) is 4.98 Å². The third kappa shape index (κ3) is 3.77. The lowest BCUT2D eigenvalue weighted by Gasteiger charge is -2.12. The average Bonchev–Trinajstić information content (AvgIpc) is 3.19. The molecule has 0 fully saturated rings. The quantitative estimate of drug-likeness (QED) is 0.447. The highest BCUT2D eigenvalue weighted by molar-refractivity contribution is 5.78. The van der Waals surface area contributed by atoms with Crippen LogP contribution in [-0.4, -0.2) is 4.98 Å². The second kappa shape index (κ2) is 7.44. The van der Waals surface area contributed by atoms with Crippen LogP contribution in [0.25, 0.3) is 10.9 Å². The van der Waals surface area contributed by atoms with E-state index < -0.39 is 0 Å². The molecule has 0 aliphatic rings. The van der Waals surface area contributed by atoms with E-state index in [0.29, 0.717) is 12.5 Å². The van der Waals surface area contributed by atoms with Crippen molar-refractivity contribution in [2.75, 3.05) is 0 Å². The third-order valence-electron chi connectivity index (χ3n) is 4.58. The zero-order valence-corrected chi connectivity index (χ0v) is 14.8.